The van der Waals surface area contributed by atoms with Gasteiger partial charge < -0.3 is 24.9 Å². The molecule has 0 fully saturated rings. The van der Waals surface area contributed by atoms with E-state index in [-0.39, 0.29) is 6.54 Å². The fourth-order valence-electron chi connectivity index (χ4n) is 1.77. The van der Waals surface area contributed by atoms with Gasteiger partial charge in [-0.05, 0) is 43.3 Å². The summed E-state index contributed by atoms with van der Waals surface area (Å²) in [5, 5.41) is 15.5. The van der Waals surface area contributed by atoms with Gasteiger partial charge in [0.05, 0.1) is 19.9 Å². The summed E-state index contributed by atoms with van der Waals surface area (Å²) >= 11 is 0. The van der Waals surface area contributed by atoms with E-state index in [1.165, 1.54) is 6.26 Å². The molecule has 0 bridgehead atoms. The molecule has 0 aliphatic heterocycles. The van der Waals surface area contributed by atoms with Crippen molar-refractivity contribution < 1.29 is 19.1 Å². The van der Waals surface area contributed by atoms with E-state index >= 15 is 0 Å². The molecule has 21 heavy (non-hydrogen) atoms. The number of methoxy groups -OCH3 is 1. The van der Waals surface area contributed by atoms with Crippen molar-refractivity contribution in [2.45, 2.75) is 12.5 Å². The number of benzene rings is 1. The van der Waals surface area contributed by atoms with Gasteiger partial charge in [0.25, 0.3) is 0 Å². The number of hydrogen-bond acceptors (Lipinski definition) is 4. The van der Waals surface area contributed by atoms with E-state index in [9.17, 15) is 9.90 Å². The lowest BCUT2D eigenvalue weighted by Crippen LogP contribution is -2.40. The van der Waals surface area contributed by atoms with Crippen LogP contribution in [0.5, 0.6) is 5.75 Å². The summed E-state index contributed by atoms with van der Waals surface area (Å²) in [5.74, 6) is 1.11. The predicted molar refractivity (Wildman–Crippen MR) is 78.3 cm³/mol. The molecule has 1 aromatic heterocycles. The topological polar surface area (TPSA) is 83.7 Å². The van der Waals surface area contributed by atoms with Gasteiger partial charge in [-0.2, -0.15) is 0 Å². The maximum absolute atomic E-state index is 11.8. The lowest BCUT2D eigenvalue weighted by atomic mass is 10.0. The number of carbonyl (C=O) groups excluding carboxylic acids is 1. The van der Waals surface area contributed by atoms with Crippen LogP contribution in [0.2, 0.25) is 0 Å². The fraction of sp³-hybridized carbons (Fsp3) is 0.267. The Morgan fingerprint density at radius 2 is 2.05 bits per heavy atom. The number of hydrogen-bond donors (Lipinski definition) is 3. The molecule has 0 saturated heterocycles. The van der Waals surface area contributed by atoms with Crippen molar-refractivity contribution in [3.05, 3.63) is 48.4 Å². The third-order valence-corrected chi connectivity index (χ3v) is 2.99. The standard InChI is InChI=1S/C15H18N2O4/c1-15(19,13-4-3-9-21-13)10-16-14(18)17-11-5-7-12(20-2)8-6-11/h3-9,19H,10H2,1-2H3,(H2,16,17,18). The number of furan rings is 1. The molecule has 0 radical (unpaired) electrons. The normalized spacial score (nSPS) is 13.3. The number of carbonyl (C=O) groups is 1. The van der Waals surface area contributed by atoms with Crippen LogP contribution < -0.4 is 15.4 Å². The molecule has 0 spiro atoms. The smallest absolute Gasteiger partial charge is 0.319 e. The highest BCUT2D eigenvalue weighted by molar-refractivity contribution is 5.89. The Labute approximate surface area is 122 Å². The number of ether oxygens (including phenoxy) is 1. The molecule has 112 valence electrons. The zero-order valence-corrected chi connectivity index (χ0v) is 11.9. The summed E-state index contributed by atoms with van der Waals surface area (Å²) in [6.45, 7) is 1.60. The van der Waals surface area contributed by atoms with E-state index in [1.54, 1.807) is 50.4 Å². The minimum Gasteiger partial charge on any atom is -0.497 e. The Hall–Kier alpha value is -2.47. The maximum Gasteiger partial charge on any atom is 0.319 e. The van der Waals surface area contributed by atoms with Gasteiger partial charge >= 0.3 is 6.03 Å². The summed E-state index contributed by atoms with van der Waals surface area (Å²) in [5.41, 5.74) is -0.633. The number of nitrogens with one attached hydrogen (secondary N) is 2. The second-order valence-corrected chi connectivity index (χ2v) is 4.79. The average molecular weight is 290 g/mol. The van der Waals surface area contributed by atoms with E-state index in [0.29, 0.717) is 17.2 Å². The Bertz CT molecular complexity index is 576. The Kier molecular flexibility index (Phi) is 4.49. The van der Waals surface area contributed by atoms with Crippen LogP contribution in [0.4, 0.5) is 10.5 Å². The molecule has 0 aliphatic carbocycles. The highest BCUT2D eigenvalue weighted by Crippen LogP contribution is 2.20. The first kappa shape index (κ1) is 14.9. The quantitative estimate of drug-likeness (QED) is 0.789. The Morgan fingerprint density at radius 1 is 1.33 bits per heavy atom. The summed E-state index contributed by atoms with van der Waals surface area (Å²) in [7, 11) is 1.58. The van der Waals surface area contributed by atoms with Crippen LogP contribution in [0.1, 0.15) is 12.7 Å². The molecule has 1 unspecified atom stereocenters. The van der Waals surface area contributed by atoms with E-state index in [0.717, 1.165) is 0 Å². The van der Waals surface area contributed by atoms with Gasteiger partial charge in [0.1, 0.15) is 17.1 Å². The minimum absolute atomic E-state index is 0.0303. The van der Waals surface area contributed by atoms with Gasteiger partial charge in [0.2, 0.25) is 0 Å². The second-order valence-electron chi connectivity index (χ2n) is 4.79. The van der Waals surface area contributed by atoms with Crippen molar-refractivity contribution >= 4 is 11.7 Å². The Morgan fingerprint density at radius 3 is 2.62 bits per heavy atom. The van der Waals surface area contributed by atoms with Gasteiger partial charge in [-0.15, -0.1) is 0 Å². The third-order valence-electron chi connectivity index (χ3n) is 2.99. The minimum atomic E-state index is -1.26. The highest BCUT2D eigenvalue weighted by atomic mass is 16.5. The average Bonchev–Trinajstić information content (AvgIpc) is 3.01. The number of aliphatic hydroxyl groups is 1. The number of amides is 2. The lowest BCUT2D eigenvalue weighted by Gasteiger charge is -2.21. The fourth-order valence-corrected chi connectivity index (χ4v) is 1.77. The van der Waals surface area contributed by atoms with Crippen molar-refractivity contribution in [3.63, 3.8) is 0 Å². The lowest BCUT2D eigenvalue weighted by molar-refractivity contribution is 0.0372. The molecule has 2 amide bonds. The zero-order chi connectivity index (χ0) is 15.3. The molecule has 0 saturated carbocycles. The monoisotopic (exact) mass is 290 g/mol. The first-order valence-electron chi connectivity index (χ1n) is 6.46. The van der Waals surface area contributed by atoms with Gasteiger partial charge in [-0.25, -0.2) is 4.79 Å². The first-order chi connectivity index (χ1) is 10.0. The molecule has 2 aromatic rings. The Balaban J connectivity index is 1.87. The van der Waals surface area contributed by atoms with Crippen molar-refractivity contribution in [1.29, 1.82) is 0 Å². The van der Waals surface area contributed by atoms with Crippen molar-refractivity contribution in [3.8, 4) is 5.75 Å². The summed E-state index contributed by atoms with van der Waals surface area (Å²) < 4.78 is 10.2. The van der Waals surface area contributed by atoms with Crippen LogP contribution in [0.3, 0.4) is 0 Å². The highest BCUT2D eigenvalue weighted by Gasteiger charge is 2.26. The van der Waals surface area contributed by atoms with Crippen molar-refractivity contribution in [1.82, 2.24) is 5.32 Å². The van der Waals surface area contributed by atoms with Crippen LogP contribution in [-0.2, 0) is 5.60 Å². The molecular weight excluding hydrogens is 272 g/mol. The van der Waals surface area contributed by atoms with Crippen LogP contribution in [0.15, 0.2) is 47.1 Å². The van der Waals surface area contributed by atoms with Crippen molar-refractivity contribution in [2.24, 2.45) is 0 Å². The SMILES string of the molecule is COc1ccc(NC(=O)NCC(C)(O)c2ccco2)cc1. The first-order valence-corrected chi connectivity index (χ1v) is 6.46. The predicted octanol–water partition coefficient (Wildman–Crippen LogP) is 2.32. The van der Waals surface area contributed by atoms with Gasteiger partial charge in [-0.1, -0.05) is 0 Å². The molecule has 3 N–H and O–H groups in total. The van der Waals surface area contributed by atoms with Gasteiger partial charge in [-0.3, -0.25) is 0 Å². The second kappa shape index (κ2) is 6.32. The largest absolute Gasteiger partial charge is 0.497 e. The van der Waals surface area contributed by atoms with Crippen LogP contribution in [-0.4, -0.2) is 24.8 Å². The summed E-state index contributed by atoms with van der Waals surface area (Å²) in [4.78, 5) is 11.8. The summed E-state index contributed by atoms with van der Waals surface area (Å²) in [6, 6.07) is 9.87. The van der Waals surface area contributed by atoms with Crippen molar-refractivity contribution in [2.75, 3.05) is 19.0 Å². The third kappa shape index (κ3) is 4.00. The van der Waals surface area contributed by atoms with E-state index in [4.69, 9.17) is 9.15 Å². The molecule has 2 rings (SSSR count). The molecule has 1 aromatic carbocycles. The number of anilines is 1. The number of urea groups is 1. The van der Waals surface area contributed by atoms with Gasteiger partial charge in [0, 0.05) is 5.69 Å². The molecular formula is C15H18N2O4. The number of rotatable bonds is 5. The molecule has 0 aliphatic rings. The maximum atomic E-state index is 11.8. The van der Waals surface area contributed by atoms with E-state index in [2.05, 4.69) is 10.6 Å². The van der Waals surface area contributed by atoms with Crippen LogP contribution in [0, 0.1) is 0 Å². The zero-order valence-electron chi connectivity index (χ0n) is 11.9. The van der Waals surface area contributed by atoms with E-state index < -0.39 is 11.6 Å². The van der Waals surface area contributed by atoms with Crippen LogP contribution in [0.25, 0.3) is 0 Å². The molecule has 1 atom stereocenters. The molecule has 6 heteroatoms. The van der Waals surface area contributed by atoms with Gasteiger partial charge in [0.15, 0.2) is 0 Å². The molecule has 1 heterocycles. The molecule has 6 nitrogen and oxygen atoms in total. The van der Waals surface area contributed by atoms with E-state index in [1.807, 2.05) is 0 Å². The van der Waals surface area contributed by atoms with Crippen LogP contribution >= 0.6 is 0 Å². The summed E-state index contributed by atoms with van der Waals surface area (Å²) in [6.07, 6.45) is 1.47.